The molecule has 12 aromatic rings. The van der Waals surface area contributed by atoms with Crippen LogP contribution in [-0.2, 0) is 0 Å². The lowest BCUT2D eigenvalue weighted by Gasteiger charge is -2.26. The predicted octanol–water partition coefficient (Wildman–Crippen LogP) is 14.7. The van der Waals surface area contributed by atoms with Gasteiger partial charge in [-0.05, 0) is 95.1 Å². The van der Waals surface area contributed by atoms with Gasteiger partial charge in [-0.3, -0.25) is 0 Å². The van der Waals surface area contributed by atoms with E-state index < -0.39 is 0 Å². The number of hydrogen-bond donors (Lipinski definition) is 0. The molecular formula is C54H35N3. The van der Waals surface area contributed by atoms with Crippen molar-refractivity contribution in [1.82, 2.24) is 8.97 Å². The molecule has 0 saturated carbocycles. The Morgan fingerprint density at radius 1 is 0.281 bits per heavy atom. The first kappa shape index (κ1) is 31.7. The van der Waals surface area contributed by atoms with Gasteiger partial charge >= 0.3 is 0 Å². The Labute approximate surface area is 329 Å². The first-order valence-electron chi connectivity index (χ1n) is 19.6. The van der Waals surface area contributed by atoms with Gasteiger partial charge in [-0.1, -0.05) is 140 Å². The summed E-state index contributed by atoms with van der Waals surface area (Å²) < 4.78 is 4.83. The summed E-state index contributed by atoms with van der Waals surface area (Å²) in [6.07, 6.45) is 0. The Morgan fingerprint density at radius 2 is 0.772 bits per heavy atom. The Morgan fingerprint density at radius 3 is 1.47 bits per heavy atom. The standard InChI is InChI=1S/C54H35N3/c1-3-12-36(13-4-1)37-22-27-41(28-23-37)55(43-31-33-52-49(35-43)45-17-8-9-20-50(45)56(52)40-14-5-2-6-15-40)42-29-24-38(25-30-42)39-26-32-46-48-19-11-18-47-44-16-7-10-21-51(44)57(54(47)48)53(46)34-39/h1-35H. The van der Waals surface area contributed by atoms with Crippen LogP contribution in [0.2, 0.25) is 0 Å². The summed E-state index contributed by atoms with van der Waals surface area (Å²) in [5.74, 6) is 0. The zero-order valence-electron chi connectivity index (χ0n) is 31.0. The number of nitrogens with zero attached hydrogens (tertiary/aromatic N) is 3. The molecule has 0 fully saturated rings. The van der Waals surface area contributed by atoms with Crippen LogP contribution in [-0.4, -0.2) is 8.97 Å². The molecule has 0 saturated heterocycles. The Balaban J connectivity index is 1.00. The topological polar surface area (TPSA) is 12.6 Å². The summed E-state index contributed by atoms with van der Waals surface area (Å²) in [4.78, 5) is 2.38. The van der Waals surface area contributed by atoms with Crippen LogP contribution in [0.25, 0.3) is 87.8 Å². The molecule has 0 amide bonds. The number of aromatic nitrogens is 2. The molecule has 12 rings (SSSR count). The van der Waals surface area contributed by atoms with Crippen LogP contribution >= 0.6 is 0 Å². The van der Waals surface area contributed by atoms with Crippen LogP contribution < -0.4 is 4.90 Å². The van der Waals surface area contributed by atoms with Gasteiger partial charge in [0.2, 0.25) is 0 Å². The van der Waals surface area contributed by atoms with E-state index >= 15 is 0 Å². The zero-order chi connectivity index (χ0) is 37.5. The van der Waals surface area contributed by atoms with Crippen LogP contribution in [0.1, 0.15) is 0 Å². The van der Waals surface area contributed by atoms with Crippen LogP contribution in [0.5, 0.6) is 0 Å². The van der Waals surface area contributed by atoms with Crippen LogP contribution in [0.15, 0.2) is 212 Å². The van der Waals surface area contributed by atoms with E-state index in [1.54, 1.807) is 0 Å². The zero-order valence-corrected chi connectivity index (χ0v) is 31.0. The summed E-state index contributed by atoms with van der Waals surface area (Å²) in [6.45, 7) is 0. The van der Waals surface area contributed by atoms with Crippen molar-refractivity contribution in [3.63, 3.8) is 0 Å². The van der Waals surface area contributed by atoms with Crippen LogP contribution in [0, 0.1) is 0 Å². The monoisotopic (exact) mass is 725 g/mol. The number of rotatable bonds is 6. The van der Waals surface area contributed by atoms with Crippen molar-refractivity contribution in [1.29, 1.82) is 0 Å². The molecule has 0 aliphatic carbocycles. The second-order valence-electron chi connectivity index (χ2n) is 15.0. The lowest BCUT2D eigenvalue weighted by Crippen LogP contribution is -2.10. The van der Waals surface area contributed by atoms with Gasteiger partial charge in [0, 0.05) is 55.1 Å². The molecule has 0 aliphatic rings. The van der Waals surface area contributed by atoms with Crippen molar-refractivity contribution in [2.75, 3.05) is 4.90 Å². The minimum atomic E-state index is 1.10. The van der Waals surface area contributed by atoms with Gasteiger partial charge in [-0.25, -0.2) is 0 Å². The Bertz CT molecular complexity index is 3430. The van der Waals surface area contributed by atoms with E-state index in [9.17, 15) is 0 Å². The lowest BCUT2D eigenvalue weighted by atomic mass is 10.0. The Kier molecular flexibility index (Phi) is 6.93. The number of para-hydroxylation sites is 4. The summed E-state index contributed by atoms with van der Waals surface area (Å²) in [6, 6.07) is 77.3. The van der Waals surface area contributed by atoms with E-state index in [0.717, 1.165) is 22.7 Å². The molecule has 3 heteroatoms. The highest BCUT2D eigenvalue weighted by Crippen LogP contribution is 2.43. The van der Waals surface area contributed by atoms with Gasteiger partial charge in [0.25, 0.3) is 0 Å². The fourth-order valence-corrected chi connectivity index (χ4v) is 9.25. The molecule has 0 unspecified atom stereocenters. The van der Waals surface area contributed by atoms with E-state index in [1.807, 2.05) is 0 Å². The molecule has 0 atom stereocenters. The second-order valence-corrected chi connectivity index (χ2v) is 15.0. The average molecular weight is 726 g/mol. The van der Waals surface area contributed by atoms with Gasteiger partial charge in [0.15, 0.2) is 0 Å². The molecule has 3 aromatic heterocycles. The predicted molar refractivity (Wildman–Crippen MR) is 241 cm³/mol. The molecule has 3 nitrogen and oxygen atoms in total. The smallest absolute Gasteiger partial charge is 0.0620 e. The van der Waals surface area contributed by atoms with E-state index in [-0.39, 0.29) is 0 Å². The maximum Gasteiger partial charge on any atom is 0.0620 e. The molecule has 0 radical (unpaired) electrons. The van der Waals surface area contributed by atoms with Crippen LogP contribution in [0.3, 0.4) is 0 Å². The highest BCUT2D eigenvalue weighted by Gasteiger charge is 2.20. The van der Waals surface area contributed by atoms with Gasteiger partial charge < -0.3 is 13.9 Å². The summed E-state index contributed by atoms with van der Waals surface area (Å²) in [5, 5.41) is 7.66. The number of hydrogen-bond acceptors (Lipinski definition) is 1. The molecule has 3 heterocycles. The molecule has 0 bridgehead atoms. The molecular weight excluding hydrogens is 691 g/mol. The second kappa shape index (κ2) is 12.5. The van der Waals surface area contributed by atoms with Crippen molar-refractivity contribution >= 4 is 77.0 Å². The lowest BCUT2D eigenvalue weighted by molar-refractivity contribution is 1.18. The first-order chi connectivity index (χ1) is 28.3. The first-order valence-corrected chi connectivity index (χ1v) is 19.6. The summed E-state index contributed by atoms with van der Waals surface area (Å²) in [5.41, 5.74) is 15.5. The van der Waals surface area contributed by atoms with Gasteiger partial charge in [0.1, 0.15) is 0 Å². The van der Waals surface area contributed by atoms with E-state index in [0.29, 0.717) is 0 Å². The maximum absolute atomic E-state index is 2.46. The van der Waals surface area contributed by atoms with E-state index in [2.05, 4.69) is 226 Å². The van der Waals surface area contributed by atoms with Gasteiger partial charge in [-0.15, -0.1) is 0 Å². The normalized spacial score (nSPS) is 11.9. The third-order valence-electron chi connectivity index (χ3n) is 11.8. The fourth-order valence-electron chi connectivity index (χ4n) is 9.25. The minimum Gasteiger partial charge on any atom is -0.310 e. The highest BCUT2D eigenvalue weighted by atomic mass is 15.1. The average Bonchev–Trinajstić information content (AvgIpc) is 3.93. The molecule has 0 aliphatic heterocycles. The summed E-state index contributed by atoms with van der Waals surface area (Å²) in [7, 11) is 0. The third-order valence-corrected chi connectivity index (χ3v) is 11.8. The molecule has 9 aromatic carbocycles. The molecule has 0 spiro atoms. The van der Waals surface area contributed by atoms with Crippen LogP contribution in [0.4, 0.5) is 17.1 Å². The van der Waals surface area contributed by atoms with Crippen molar-refractivity contribution in [2.24, 2.45) is 0 Å². The van der Waals surface area contributed by atoms with Crippen molar-refractivity contribution in [3.8, 4) is 27.9 Å². The number of fused-ring (bicyclic) bond motifs is 9. The maximum atomic E-state index is 2.46. The third kappa shape index (κ3) is 4.86. The SMILES string of the molecule is c1ccc(-c2ccc(N(c3ccc(-c4ccc5c6cccc7c8ccccc8n(c5c4)c76)cc3)c3ccc4c(c3)c3ccccc3n4-c3ccccc3)cc2)cc1. The van der Waals surface area contributed by atoms with Crippen molar-refractivity contribution < 1.29 is 0 Å². The van der Waals surface area contributed by atoms with Crippen molar-refractivity contribution in [2.45, 2.75) is 0 Å². The highest BCUT2D eigenvalue weighted by molar-refractivity contribution is 6.23. The van der Waals surface area contributed by atoms with E-state index in [4.69, 9.17) is 0 Å². The van der Waals surface area contributed by atoms with E-state index in [1.165, 1.54) is 82.2 Å². The quantitative estimate of drug-likeness (QED) is 0.166. The number of benzene rings is 9. The number of anilines is 3. The van der Waals surface area contributed by atoms with Gasteiger partial charge in [0.05, 0.1) is 27.6 Å². The summed E-state index contributed by atoms with van der Waals surface area (Å²) >= 11 is 0. The minimum absolute atomic E-state index is 1.10. The Hall–Kier alpha value is -7.62. The largest absolute Gasteiger partial charge is 0.310 e. The fraction of sp³-hybridized carbons (Fsp3) is 0. The molecule has 0 N–H and O–H groups in total. The molecule has 266 valence electrons. The van der Waals surface area contributed by atoms with Gasteiger partial charge in [-0.2, -0.15) is 0 Å². The molecule has 57 heavy (non-hydrogen) atoms. The van der Waals surface area contributed by atoms with Crippen molar-refractivity contribution in [3.05, 3.63) is 212 Å².